The molecule has 0 N–H and O–H groups in total. The molecule has 1 aliphatic heterocycles. The zero-order chi connectivity index (χ0) is 14.9. The first-order valence-corrected chi connectivity index (χ1v) is 6.49. The molecule has 0 spiro atoms. The van der Waals surface area contributed by atoms with Crippen molar-refractivity contribution in [2.24, 2.45) is 0 Å². The van der Waals surface area contributed by atoms with Gasteiger partial charge in [0.2, 0.25) is 0 Å². The fraction of sp³-hybridized carbons (Fsp3) is 0.500. The Labute approximate surface area is 117 Å². The van der Waals surface area contributed by atoms with Gasteiger partial charge in [0.15, 0.2) is 0 Å². The van der Waals surface area contributed by atoms with E-state index in [1.165, 1.54) is 17.2 Å². The highest BCUT2D eigenvalue weighted by Crippen LogP contribution is 2.27. The third kappa shape index (κ3) is 3.07. The minimum absolute atomic E-state index is 0.0230. The molecule has 108 valence electrons. The first-order chi connectivity index (χ1) is 9.28. The van der Waals surface area contributed by atoms with E-state index >= 15 is 0 Å². The molecular formula is C14H17N2O4-. The van der Waals surface area contributed by atoms with Crippen LogP contribution in [0.25, 0.3) is 0 Å². The summed E-state index contributed by atoms with van der Waals surface area (Å²) in [6, 6.07) is 1.51. The standard InChI is InChI=1S/C14H18N2O4/c1-14(2,3)20-13(19)16-6-4-5-9-7-10(12(17)18)8-15-11(9)16/h7-8H,4-6H2,1-3H3,(H,17,18)/p-1. The zero-order valence-corrected chi connectivity index (χ0v) is 11.8. The molecule has 0 fully saturated rings. The summed E-state index contributed by atoms with van der Waals surface area (Å²) >= 11 is 0. The van der Waals surface area contributed by atoms with E-state index in [4.69, 9.17) is 4.74 Å². The van der Waals surface area contributed by atoms with Gasteiger partial charge in [-0.1, -0.05) is 0 Å². The van der Waals surface area contributed by atoms with Gasteiger partial charge in [-0.25, -0.2) is 9.78 Å². The summed E-state index contributed by atoms with van der Waals surface area (Å²) < 4.78 is 5.33. The molecule has 1 aromatic heterocycles. The number of hydrogen-bond acceptors (Lipinski definition) is 5. The maximum Gasteiger partial charge on any atom is 0.416 e. The Morgan fingerprint density at radius 3 is 2.70 bits per heavy atom. The lowest BCUT2D eigenvalue weighted by molar-refractivity contribution is -0.255. The van der Waals surface area contributed by atoms with Crippen LogP contribution in [0.4, 0.5) is 10.6 Å². The van der Waals surface area contributed by atoms with Gasteiger partial charge >= 0.3 is 6.09 Å². The lowest BCUT2D eigenvalue weighted by Crippen LogP contribution is -2.40. The molecule has 6 heteroatoms. The van der Waals surface area contributed by atoms with Crippen LogP contribution < -0.4 is 10.0 Å². The molecule has 0 aromatic carbocycles. The van der Waals surface area contributed by atoms with Crippen molar-refractivity contribution >= 4 is 17.9 Å². The summed E-state index contributed by atoms with van der Waals surface area (Å²) in [6.07, 6.45) is 2.16. The fourth-order valence-electron chi connectivity index (χ4n) is 2.07. The second-order valence-corrected chi connectivity index (χ2v) is 5.73. The molecule has 0 aliphatic carbocycles. The molecule has 6 nitrogen and oxygen atoms in total. The van der Waals surface area contributed by atoms with E-state index in [2.05, 4.69) is 4.98 Å². The van der Waals surface area contributed by atoms with Crippen molar-refractivity contribution < 1.29 is 19.4 Å². The lowest BCUT2D eigenvalue weighted by Gasteiger charge is -2.30. The molecule has 0 bridgehead atoms. The zero-order valence-electron chi connectivity index (χ0n) is 11.8. The summed E-state index contributed by atoms with van der Waals surface area (Å²) in [5.74, 6) is -0.801. The number of aryl methyl sites for hydroxylation is 1. The number of hydrogen-bond donors (Lipinski definition) is 0. The molecule has 0 saturated heterocycles. The molecule has 0 unspecified atom stereocenters. The van der Waals surface area contributed by atoms with Crippen LogP contribution in [0.5, 0.6) is 0 Å². The minimum Gasteiger partial charge on any atom is -0.545 e. The number of anilines is 1. The molecule has 1 aliphatic rings. The Balaban J connectivity index is 2.29. The number of carbonyl (C=O) groups excluding carboxylic acids is 2. The molecule has 2 rings (SSSR count). The van der Waals surface area contributed by atoms with Crippen molar-refractivity contribution in [1.29, 1.82) is 0 Å². The maximum absolute atomic E-state index is 12.1. The summed E-state index contributed by atoms with van der Waals surface area (Å²) in [5.41, 5.74) is 0.165. The van der Waals surface area contributed by atoms with Crippen LogP contribution in [0.1, 0.15) is 43.1 Å². The van der Waals surface area contributed by atoms with E-state index in [-0.39, 0.29) is 5.56 Å². The van der Waals surface area contributed by atoms with Gasteiger partial charge in [0.25, 0.3) is 0 Å². The van der Waals surface area contributed by atoms with Gasteiger partial charge in [-0.15, -0.1) is 0 Å². The van der Waals surface area contributed by atoms with Gasteiger partial charge in [-0.05, 0) is 45.2 Å². The Morgan fingerprint density at radius 1 is 1.40 bits per heavy atom. The predicted molar refractivity (Wildman–Crippen MR) is 70.5 cm³/mol. The summed E-state index contributed by atoms with van der Waals surface area (Å²) in [4.78, 5) is 28.5. The Bertz CT molecular complexity index is 549. The van der Waals surface area contributed by atoms with E-state index in [9.17, 15) is 14.7 Å². The van der Waals surface area contributed by atoms with Crippen molar-refractivity contribution in [1.82, 2.24) is 4.98 Å². The van der Waals surface area contributed by atoms with Crippen molar-refractivity contribution in [2.45, 2.75) is 39.2 Å². The smallest absolute Gasteiger partial charge is 0.416 e. The van der Waals surface area contributed by atoms with Crippen LogP contribution in [-0.4, -0.2) is 29.2 Å². The summed E-state index contributed by atoms with van der Waals surface area (Å²) in [6.45, 7) is 5.90. The molecule has 2 heterocycles. The van der Waals surface area contributed by atoms with E-state index < -0.39 is 17.7 Å². The SMILES string of the molecule is CC(C)(C)OC(=O)N1CCCc2cc(C(=O)[O-])cnc21. The van der Waals surface area contributed by atoms with E-state index in [0.717, 1.165) is 12.0 Å². The topological polar surface area (TPSA) is 82.6 Å². The highest BCUT2D eigenvalue weighted by atomic mass is 16.6. The fourth-order valence-corrected chi connectivity index (χ4v) is 2.07. The molecule has 1 aromatic rings. The van der Waals surface area contributed by atoms with Crippen molar-refractivity contribution in [3.05, 3.63) is 23.4 Å². The molecular weight excluding hydrogens is 260 g/mol. The highest BCUT2D eigenvalue weighted by Gasteiger charge is 2.28. The number of fused-ring (bicyclic) bond motifs is 1. The number of carbonyl (C=O) groups is 2. The number of carboxylic acids is 1. The van der Waals surface area contributed by atoms with Crippen LogP contribution in [0.2, 0.25) is 0 Å². The Kier molecular flexibility index (Phi) is 3.65. The van der Waals surface area contributed by atoms with Gasteiger partial charge in [-0.2, -0.15) is 0 Å². The normalized spacial score (nSPS) is 14.7. The maximum atomic E-state index is 12.1. The summed E-state index contributed by atoms with van der Waals surface area (Å²) in [7, 11) is 0. The summed E-state index contributed by atoms with van der Waals surface area (Å²) in [5, 5.41) is 10.8. The molecule has 1 amide bonds. The third-order valence-corrected chi connectivity index (χ3v) is 2.88. The van der Waals surface area contributed by atoms with E-state index in [1.54, 1.807) is 20.8 Å². The van der Waals surface area contributed by atoms with E-state index in [0.29, 0.717) is 18.8 Å². The first-order valence-electron chi connectivity index (χ1n) is 6.49. The van der Waals surface area contributed by atoms with Crippen LogP contribution in [0.15, 0.2) is 12.3 Å². The average molecular weight is 277 g/mol. The molecule has 0 radical (unpaired) electrons. The average Bonchev–Trinajstić information content (AvgIpc) is 2.35. The number of aromatic nitrogens is 1. The van der Waals surface area contributed by atoms with Gasteiger partial charge in [0.1, 0.15) is 11.4 Å². The number of aromatic carboxylic acids is 1. The Morgan fingerprint density at radius 2 is 2.10 bits per heavy atom. The second-order valence-electron chi connectivity index (χ2n) is 5.73. The monoisotopic (exact) mass is 277 g/mol. The van der Waals surface area contributed by atoms with Crippen LogP contribution in [0.3, 0.4) is 0 Å². The molecule has 0 atom stereocenters. The van der Waals surface area contributed by atoms with Crippen LogP contribution in [-0.2, 0) is 11.2 Å². The van der Waals surface area contributed by atoms with Crippen molar-refractivity contribution in [3.63, 3.8) is 0 Å². The van der Waals surface area contributed by atoms with Crippen molar-refractivity contribution in [2.75, 3.05) is 11.4 Å². The highest BCUT2D eigenvalue weighted by molar-refractivity contribution is 5.90. The number of ether oxygens (including phenoxy) is 1. The van der Waals surface area contributed by atoms with Gasteiger partial charge in [-0.3, -0.25) is 4.90 Å². The van der Waals surface area contributed by atoms with Gasteiger partial charge in [0, 0.05) is 18.3 Å². The molecule has 20 heavy (non-hydrogen) atoms. The first kappa shape index (κ1) is 14.3. The lowest BCUT2D eigenvalue weighted by atomic mass is 10.0. The quantitative estimate of drug-likeness (QED) is 0.768. The number of pyridine rings is 1. The van der Waals surface area contributed by atoms with E-state index in [1.807, 2.05) is 0 Å². The van der Waals surface area contributed by atoms with Gasteiger partial charge in [0.05, 0.1) is 5.97 Å². The largest absolute Gasteiger partial charge is 0.545 e. The number of amides is 1. The third-order valence-electron chi connectivity index (χ3n) is 2.88. The number of nitrogens with zero attached hydrogens (tertiary/aromatic N) is 2. The minimum atomic E-state index is -1.27. The van der Waals surface area contributed by atoms with Crippen LogP contribution in [0, 0.1) is 0 Å². The number of carboxylic acid groups (broad SMARTS) is 1. The van der Waals surface area contributed by atoms with Crippen molar-refractivity contribution in [3.8, 4) is 0 Å². The molecule has 0 saturated carbocycles. The second kappa shape index (κ2) is 5.11. The number of rotatable bonds is 1. The van der Waals surface area contributed by atoms with Gasteiger partial charge < -0.3 is 14.6 Å². The predicted octanol–water partition coefficient (Wildman–Crippen LogP) is 1.13. The van der Waals surface area contributed by atoms with Crippen LogP contribution >= 0.6 is 0 Å². The Hall–Kier alpha value is -2.11.